The van der Waals surface area contributed by atoms with Gasteiger partial charge in [-0.25, -0.2) is 0 Å². The van der Waals surface area contributed by atoms with E-state index in [9.17, 15) is 4.79 Å². The second kappa shape index (κ2) is 2.59. The van der Waals surface area contributed by atoms with Gasteiger partial charge in [0, 0.05) is 5.92 Å². The van der Waals surface area contributed by atoms with Gasteiger partial charge in [0.05, 0.1) is 0 Å². The summed E-state index contributed by atoms with van der Waals surface area (Å²) in [6.45, 7) is 0. The number of carbonyl (C=O) groups excluding carboxylic acids is 1. The molecule has 2 N–H and O–H groups in total. The van der Waals surface area contributed by atoms with Crippen LogP contribution >= 0.6 is 0 Å². The van der Waals surface area contributed by atoms with Crippen LogP contribution in [0.2, 0.25) is 0 Å². The molecule has 3 unspecified atom stereocenters. The minimum atomic E-state index is -0.119. The normalized spacial score (nSPS) is 33.0. The SMILES string of the molecule is NC(=O)C1CC2CC1c1ccccc12. The van der Waals surface area contributed by atoms with E-state index in [0.29, 0.717) is 11.8 Å². The van der Waals surface area contributed by atoms with E-state index in [4.69, 9.17) is 5.73 Å². The van der Waals surface area contributed by atoms with Gasteiger partial charge in [-0.1, -0.05) is 24.3 Å². The molecule has 14 heavy (non-hydrogen) atoms. The van der Waals surface area contributed by atoms with Crippen molar-refractivity contribution in [3.63, 3.8) is 0 Å². The number of hydrogen-bond acceptors (Lipinski definition) is 1. The Labute approximate surface area is 83.1 Å². The van der Waals surface area contributed by atoms with Gasteiger partial charge in [-0.3, -0.25) is 4.79 Å². The number of nitrogens with two attached hydrogens (primary N) is 1. The van der Waals surface area contributed by atoms with E-state index in [1.165, 1.54) is 11.1 Å². The Morgan fingerprint density at radius 2 is 1.93 bits per heavy atom. The van der Waals surface area contributed by atoms with E-state index in [1.54, 1.807) is 0 Å². The van der Waals surface area contributed by atoms with Crippen LogP contribution in [0, 0.1) is 5.92 Å². The van der Waals surface area contributed by atoms with Gasteiger partial charge < -0.3 is 5.73 Å². The highest BCUT2D eigenvalue weighted by Gasteiger charge is 2.45. The van der Waals surface area contributed by atoms with Gasteiger partial charge in [0.15, 0.2) is 0 Å². The van der Waals surface area contributed by atoms with Crippen LogP contribution in [0.1, 0.15) is 35.8 Å². The third-order valence-electron chi connectivity index (χ3n) is 3.76. The molecule has 2 aliphatic carbocycles. The Bertz CT molecular complexity index is 399. The molecule has 0 saturated heterocycles. The third-order valence-corrected chi connectivity index (χ3v) is 3.76. The maximum absolute atomic E-state index is 11.2. The van der Waals surface area contributed by atoms with Gasteiger partial charge in [0.2, 0.25) is 5.91 Å². The Morgan fingerprint density at radius 1 is 1.21 bits per heavy atom. The van der Waals surface area contributed by atoms with E-state index in [2.05, 4.69) is 24.3 Å². The lowest BCUT2D eigenvalue weighted by Gasteiger charge is -2.21. The van der Waals surface area contributed by atoms with Gasteiger partial charge in [-0.05, 0) is 35.8 Å². The molecule has 0 spiro atoms. The van der Waals surface area contributed by atoms with Gasteiger partial charge in [-0.2, -0.15) is 0 Å². The number of amides is 1. The highest BCUT2D eigenvalue weighted by Crippen LogP contribution is 2.55. The van der Waals surface area contributed by atoms with Crippen molar-refractivity contribution in [1.82, 2.24) is 0 Å². The van der Waals surface area contributed by atoms with Crippen LogP contribution in [0.15, 0.2) is 24.3 Å². The van der Waals surface area contributed by atoms with E-state index >= 15 is 0 Å². The molecule has 2 heteroatoms. The van der Waals surface area contributed by atoms with Crippen LogP contribution in [0.4, 0.5) is 0 Å². The monoisotopic (exact) mass is 187 g/mol. The fourth-order valence-electron chi connectivity index (χ4n) is 3.17. The summed E-state index contributed by atoms with van der Waals surface area (Å²) in [6, 6.07) is 8.47. The number of rotatable bonds is 1. The number of fused-ring (bicyclic) bond motifs is 5. The van der Waals surface area contributed by atoms with Crippen LogP contribution in [-0.4, -0.2) is 5.91 Å². The molecule has 3 rings (SSSR count). The van der Waals surface area contributed by atoms with Crippen molar-refractivity contribution in [3.05, 3.63) is 35.4 Å². The molecule has 1 fully saturated rings. The summed E-state index contributed by atoms with van der Waals surface area (Å²) in [5.41, 5.74) is 8.22. The lowest BCUT2D eigenvalue weighted by molar-refractivity contribution is -0.122. The third kappa shape index (κ3) is 0.884. The summed E-state index contributed by atoms with van der Waals surface area (Å²) in [5, 5.41) is 0. The Morgan fingerprint density at radius 3 is 2.64 bits per heavy atom. The molecule has 1 amide bonds. The van der Waals surface area contributed by atoms with E-state index in [0.717, 1.165) is 12.8 Å². The summed E-state index contributed by atoms with van der Waals surface area (Å²) in [6.07, 6.45) is 2.10. The predicted molar refractivity (Wildman–Crippen MR) is 53.8 cm³/mol. The number of hydrogen-bond donors (Lipinski definition) is 1. The van der Waals surface area contributed by atoms with Crippen LogP contribution in [-0.2, 0) is 4.79 Å². The van der Waals surface area contributed by atoms with Crippen molar-refractivity contribution in [1.29, 1.82) is 0 Å². The quantitative estimate of drug-likeness (QED) is 0.715. The molecule has 72 valence electrons. The van der Waals surface area contributed by atoms with Crippen molar-refractivity contribution in [2.45, 2.75) is 24.7 Å². The fourth-order valence-corrected chi connectivity index (χ4v) is 3.17. The van der Waals surface area contributed by atoms with Crippen LogP contribution in [0.3, 0.4) is 0 Å². The molecule has 2 nitrogen and oxygen atoms in total. The predicted octanol–water partition coefficient (Wildman–Crippen LogP) is 1.76. The standard InChI is InChI=1S/C12H13NO/c13-12(14)11-6-7-5-10(11)9-4-2-1-3-8(7)9/h1-4,7,10-11H,5-6H2,(H2,13,14). The summed E-state index contributed by atoms with van der Waals surface area (Å²) >= 11 is 0. The molecule has 1 aromatic carbocycles. The molecule has 1 aromatic rings. The smallest absolute Gasteiger partial charge is 0.221 e. The molecule has 0 aliphatic heterocycles. The first-order valence-electron chi connectivity index (χ1n) is 5.15. The maximum atomic E-state index is 11.2. The zero-order chi connectivity index (χ0) is 9.71. The summed E-state index contributed by atoms with van der Waals surface area (Å²) in [5.74, 6) is 0.976. The average Bonchev–Trinajstić information content (AvgIpc) is 2.75. The van der Waals surface area contributed by atoms with Gasteiger partial charge in [-0.15, -0.1) is 0 Å². The molecule has 2 aliphatic rings. The van der Waals surface area contributed by atoms with Crippen molar-refractivity contribution in [3.8, 4) is 0 Å². The second-order valence-electron chi connectivity index (χ2n) is 4.41. The molecule has 0 radical (unpaired) electrons. The summed E-state index contributed by atoms with van der Waals surface area (Å²) in [7, 11) is 0. The largest absolute Gasteiger partial charge is 0.369 e. The second-order valence-corrected chi connectivity index (χ2v) is 4.41. The first-order valence-corrected chi connectivity index (χ1v) is 5.15. The Balaban J connectivity index is 2.06. The van der Waals surface area contributed by atoms with Crippen molar-refractivity contribution in [2.75, 3.05) is 0 Å². The summed E-state index contributed by atoms with van der Waals surface area (Å²) < 4.78 is 0. The zero-order valence-electron chi connectivity index (χ0n) is 7.94. The lowest BCUT2D eigenvalue weighted by atomic mass is 9.83. The number of benzene rings is 1. The van der Waals surface area contributed by atoms with Crippen molar-refractivity contribution >= 4 is 5.91 Å². The maximum Gasteiger partial charge on any atom is 0.221 e. The molecule has 2 bridgehead atoms. The topological polar surface area (TPSA) is 43.1 Å². The molecule has 1 saturated carbocycles. The molecular formula is C12H13NO. The minimum absolute atomic E-state index is 0.0925. The lowest BCUT2D eigenvalue weighted by Crippen LogP contribution is -2.26. The molecule has 3 atom stereocenters. The van der Waals surface area contributed by atoms with Crippen molar-refractivity contribution < 1.29 is 4.79 Å². The van der Waals surface area contributed by atoms with Crippen LogP contribution in [0.25, 0.3) is 0 Å². The molecular weight excluding hydrogens is 174 g/mol. The highest BCUT2D eigenvalue weighted by atomic mass is 16.1. The van der Waals surface area contributed by atoms with Crippen LogP contribution < -0.4 is 5.73 Å². The zero-order valence-corrected chi connectivity index (χ0v) is 7.94. The van der Waals surface area contributed by atoms with E-state index in [1.807, 2.05) is 0 Å². The first kappa shape index (κ1) is 8.04. The first-order chi connectivity index (χ1) is 6.77. The Kier molecular flexibility index (Phi) is 1.49. The van der Waals surface area contributed by atoms with E-state index in [-0.39, 0.29) is 11.8 Å². The molecule has 0 aromatic heterocycles. The highest BCUT2D eigenvalue weighted by molar-refractivity contribution is 5.79. The van der Waals surface area contributed by atoms with Gasteiger partial charge >= 0.3 is 0 Å². The number of carbonyl (C=O) groups is 1. The minimum Gasteiger partial charge on any atom is -0.369 e. The van der Waals surface area contributed by atoms with Gasteiger partial charge in [0.1, 0.15) is 0 Å². The summed E-state index contributed by atoms with van der Waals surface area (Å²) in [4.78, 5) is 11.2. The van der Waals surface area contributed by atoms with Gasteiger partial charge in [0.25, 0.3) is 0 Å². The Hall–Kier alpha value is -1.31. The number of primary amides is 1. The molecule has 0 heterocycles. The fraction of sp³-hybridized carbons (Fsp3) is 0.417. The van der Waals surface area contributed by atoms with Crippen LogP contribution in [0.5, 0.6) is 0 Å². The average molecular weight is 187 g/mol. The van der Waals surface area contributed by atoms with Crippen molar-refractivity contribution in [2.24, 2.45) is 11.7 Å². The van der Waals surface area contributed by atoms with E-state index < -0.39 is 0 Å².